The molecule has 8 aromatic carbocycles. The van der Waals surface area contributed by atoms with E-state index in [0.29, 0.717) is 0 Å². The minimum atomic E-state index is -2.18. The standard InChI is InChI=1S/C48H35NOSi/c1-51(2)45-30-29-41-40-15-8-9-18-44(40)50-47(41)46(45)42-16-10-17-43(48(42)51)49(38-25-21-34(22-26-38)32-11-4-3-5-12-32)39-27-23-35(24-28-39)37-20-19-33-13-6-7-14-36(33)31-37/h3-31H,1-2H3. The van der Waals surface area contributed by atoms with E-state index in [1.54, 1.807) is 0 Å². The normalized spacial score (nSPS) is 13.1. The average molecular weight is 670 g/mol. The molecular formula is C48H35NOSi. The third-order valence-corrected chi connectivity index (χ3v) is 14.4. The molecule has 0 saturated carbocycles. The molecule has 0 fully saturated rings. The van der Waals surface area contributed by atoms with Gasteiger partial charge in [0.15, 0.2) is 0 Å². The molecule has 0 amide bonds. The Morgan fingerprint density at radius 2 is 1.10 bits per heavy atom. The summed E-state index contributed by atoms with van der Waals surface area (Å²) in [4.78, 5) is 2.47. The molecule has 2 nitrogen and oxygen atoms in total. The molecule has 0 unspecified atom stereocenters. The fourth-order valence-electron chi connectivity index (χ4n) is 8.34. The van der Waals surface area contributed by atoms with E-state index < -0.39 is 8.07 Å². The van der Waals surface area contributed by atoms with Gasteiger partial charge in [-0.25, -0.2) is 0 Å². The van der Waals surface area contributed by atoms with E-state index in [-0.39, 0.29) is 0 Å². The van der Waals surface area contributed by atoms with Crippen LogP contribution in [0.5, 0.6) is 0 Å². The molecule has 1 aromatic heterocycles. The molecule has 0 radical (unpaired) electrons. The summed E-state index contributed by atoms with van der Waals surface area (Å²) in [7, 11) is -2.18. The highest BCUT2D eigenvalue weighted by atomic mass is 28.3. The Morgan fingerprint density at radius 1 is 0.471 bits per heavy atom. The van der Waals surface area contributed by atoms with Gasteiger partial charge < -0.3 is 9.32 Å². The third-order valence-electron chi connectivity index (χ3n) is 10.8. The highest BCUT2D eigenvalue weighted by Crippen LogP contribution is 2.44. The first-order valence-electron chi connectivity index (χ1n) is 17.7. The van der Waals surface area contributed by atoms with Gasteiger partial charge in [0, 0.05) is 33.4 Å². The molecule has 9 aromatic rings. The summed E-state index contributed by atoms with van der Waals surface area (Å²) >= 11 is 0. The second-order valence-corrected chi connectivity index (χ2v) is 18.4. The smallest absolute Gasteiger partial charge is 0.143 e. The molecular weight excluding hydrogens is 635 g/mol. The van der Waals surface area contributed by atoms with Gasteiger partial charge in [0.1, 0.15) is 19.2 Å². The zero-order valence-electron chi connectivity index (χ0n) is 28.6. The van der Waals surface area contributed by atoms with Crippen LogP contribution in [-0.2, 0) is 0 Å². The summed E-state index contributed by atoms with van der Waals surface area (Å²) in [5.74, 6) is 0. The SMILES string of the molecule is C[Si]1(C)c2ccc3c(oc4ccccc43)c2-c2cccc(N(c3ccc(-c4ccccc4)cc3)c3ccc(-c4ccc5ccccc5c4)cc3)c21. The number of hydrogen-bond acceptors (Lipinski definition) is 2. The molecule has 2 heterocycles. The van der Waals surface area contributed by atoms with Gasteiger partial charge in [-0.1, -0.05) is 147 Å². The van der Waals surface area contributed by atoms with Crippen LogP contribution in [0.1, 0.15) is 0 Å². The minimum Gasteiger partial charge on any atom is -0.455 e. The second-order valence-electron chi connectivity index (χ2n) is 14.1. The van der Waals surface area contributed by atoms with E-state index in [9.17, 15) is 0 Å². The summed E-state index contributed by atoms with van der Waals surface area (Å²) in [5.41, 5.74) is 12.9. The van der Waals surface area contributed by atoms with E-state index in [1.165, 1.54) is 71.0 Å². The van der Waals surface area contributed by atoms with Crippen LogP contribution in [0.4, 0.5) is 17.1 Å². The van der Waals surface area contributed by atoms with Gasteiger partial charge in [-0.3, -0.25) is 0 Å². The van der Waals surface area contributed by atoms with Crippen molar-refractivity contribution in [1.82, 2.24) is 0 Å². The largest absolute Gasteiger partial charge is 0.455 e. The number of rotatable bonds is 5. The highest BCUT2D eigenvalue weighted by molar-refractivity contribution is 7.05. The Bertz CT molecular complexity index is 2760. The number of nitrogens with zero attached hydrogens (tertiary/aromatic N) is 1. The van der Waals surface area contributed by atoms with Gasteiger partial charge in [0.25, 0.3) is 0 Å². The van der Waals surface area contributed by atoms with Crippen molar-refractivity contribution in [3.8, 4) is 33.4 Å². The summed E-state index contributed by atoms with van der Waals surface area (Å²) in [6.07, 6.45) is 0. The summed E-state index contributed by atoms with van der Waals surface area (Å²) < 4.78 is 6.66. The van der Waals surface area contributed by atoms with Crippen LogP contribution in [0.25, 0.3) is 66.1 Å². The van der Waals surface area contributed by atoms with Crippen molar-refractivity contribution >= 4 is 68.2 Å². The van der Waals surface area contributed by atoms with Crippen molar-refractivity contribution in [3.05, 3.63) is 176 Å². The predicted molar refractivity (Wildman–Crippen MR) is 219 cm³/mol. The van der Waals surface area contributed by atoms with Crippen LogP contribution in [0.2, 0.25) is 13.1 Å². The second kappa shape index (κ2) is 11.4. The summed E-state index contributed by atoms with van der Waals surface area (Å²) in [6, 6.07) is 64.0. The van der Waals surface area contributed by atoms with Crippen molar-refractivity contribution in [2.45, 2.75) is 13.1 Å². The Morgan fingerprint density at radius 3 is 1.86 bits per heavy atom. The van der Waals surface area contributed by atoms with Crippen LogP contribution in [0, 0.1) is 0 Å². The van der Waals surface area contributed by atoms with Crippen molar-refractivity contribution in [3.63, 3.8) is 0 Å². The average Bonchev–Trinajstić information content (AvgIpc) is 3.68. The van der Waals surface area contributed by atoms with Gasteiger partial charge in [-0.2, -0.15) is 0 Å². The number of furan rings is 1. The quantitative estimate of drug-likeness (QED) is 0.170. The minimum absolute atomic E-state index is 0.941. The number of fused-ring (bicyclic) bond motifs is 8. The van der Waals surface area contributed by atoms with Crippen molar-refractivity contribution in [2.75, 3.05) is 4.90 Å². The van der Waals surface area contributed by atoms with Gasteiger partial charge in [0.05, 0.1) is 0 Å². The van der Waals surface area contributed by atoms with Crippen molar-refractivity contribution in [1.29, 1.82) is 0 Å². The maximum atomic E-state index is 6.66. The molecule has 1 aliphatic heterocycles. The maximum Gasteiger partial charge on any atom is 0.143 e. The molecule has 0 atom stereocenters. The summed E-state index contributed by atoms with van der Waals surface area (Å²) in [6.45, 7) is 4.99. The number of benzene rings is 8. The van der Waals surface area contributed by atoms with Gasteiger partial charge in [-0.05, 0) is 91.4 Å². The Balaban J connectivity index is 1.15. The molecule has 0 bridgehead atoms. The van der Waals surface area contributed by atoms with Gasteiger partial charge in [-0.15, -0.1) is 0 Å². The lowest BCUT2D eigenvalue weighted by Gasteiger charge is -2.31. The Labute approximate surface area is 298 Å². The third kappa shape index (κ3) is 4.70. The highest BCUT2D eigenvalue weighted by Gasteiger charge is 2.42. The molecule has 0 N–H and O–H groups in total. The molecule has 3 heteroatoms. The van der Waals surface area contributed by atoms with E-state index >= 15 is 0 Å². The fraction of sp³-hybridized carbons (Fsp3) is 0.0417. The van der Waals surface area contributed by atoms with Gasteiger partial charge >= 0.3 is 0 Å². The molecule has 242 valence electrons. The van der Waals surface area contributed by atoms with E-state index in [2.05, 4.69) is 194 Å². The number of hydrogen-bond donors (Lipinski definition) is 0. The maximum absolute atomic E-state index is 6.66. The number of anilines is 3. The fourth-order valence-corrected chi connectivity index (χ4v) is 11.7. The van der Waals surface area contributed by atoms with Crippen molar-refractivity contribution in [2.24, 2.45) is 0 Å². The topological polar surface area (TPSA) is 16.4 Å². The Hall–Kier alpha value is -6.16. The van der Waals surface area contributed by atoms with Gasteiger partial charge in [0.2, 0.25) is 0 Å². The first kappa shape index (κ1) is 29.7. The lowest BCUT2D eigenvalue weighted by Crippen LogP contribution is -2.50. The van der Waals surface area contributed by atoms with E-state index in [1.807, 2.05) is 0 Å². The van der Waals surface area contributed by atoms with Crippen LogP contribution in [0.15, 0.2) is 180 Å². The van der Waals surface area contributed by atoms with Crippen LogP contribution >= 0.6 is 0 Å². The molecule has 51 heavy (non-hydrogen) atoms. The molecule has 0 saturated heterocycles. The summed E-state index contributed by atoms with van der Waals surface area (Å²) in [5, 5.41) is 7.75. The first-order valence-corrected chi connectivity index (χ1v) is 20.7. The first-order chi connectivity index (χ1) is 25.0. The molecule has 1 aliphatic rings. The van der Waals surface area contributed by atoms with Crippen LogP contribution < -0.4 is 15.3 Å². The zero-order chi connectivity index (χ0) is 34.1. The van der Waals surface area contributed by atoms with Crippen LogP contribution in [0.3, 0.4) is 0 Å². The lowest BCUT2D eigenvalue weighted by molar-refractivity contribution is 0.670. The number of para-hydroxylation sites is 1. The Kier molecular flexibility index (Phi) is 6.67. The van der Waals surface area contributed by atoms with E-state index in [4.69, 9.17) is 4.42 Å². The molecule has 10 rings (SSSR count). The van der Waals surface area contributed by atoms with E-state index in [0.717, 1.165) is 22.5 Å². The van der Waals surface area contributed by atoms with Crippen LogP contribution in [-0.4, -0.2) is 8.07 Å². The molecule has 0 aliphatic carbocycles. The molecule has 0 spiro atoms. The van der Waals surface area contributed by atoms with Crippen molar-refractivity contribution < 1.29 is 4.42 Å². The predicted octanol–water partition coefficient (Wildman–Crippen LogP) is 12.3. The monoisotopic (exact) mass is 669 g/mol. The zero-order valence-corrected chi connectivity index (χ0v) is 29.6. The lowest BCUT2D eigenvalue weighted by atomic mass is 10.00.